The maximum Gasteiger partial charge on any atom is 0.259 e. The minimum Gasteiger partial charge on any atom is -0.326 e. The number of H-pyrrole nitrogens is 1. The average molecular weight is 314 g/mol. The number of nitrogens with zero attached hydrogens (tertiary/aromatic N) is 1. The number of unbranched alkanes of at least 4 members (excludes halogenated alkanes) is 1. The van der Waals surface area contributed by atoms with E-state index >= 15 is 0 Å². The van der Waals surface area contributed by atoms with Crippen molar-refractivity contribution in [2.75, 3.05) is 10.6 Å². The Morgan fingerprint density at radius 1 is 1.09 bits per heavy atom. The molecule has 2 aromatic rings. The van der Waals surface area contributed by atoms with Gasteiger partial charge < -0.3 is 10.6 Å². The molecule has 23 heavy (non-hydrogen) atoms. The topological polar surface area (TPSA) is 86.9 Å². The molecule has 0 aliphatic carbocycles. The lowest BCUT2D eigenvalue weighted by molar-refractivity contribution is -0.116. The predicted octanol–water partition coefficient (Wildman–Crippen LogP) is 3.41. The van der Waals surface area contributed by atoms with Gasteiger partial charge in [0.1, 0.15) is 0 Å². The zero-order valence-corrected chi connectivity index (χ0v) is 13.7. The third-order valence-electron chi connectivity index (χ3n) is 3.54. The van der Waals surface area contributed by atoms with Crippen molar-refractivity contribution in [3.63, 3.8) is 0 Å². The molecule has 0 saturated carbocycles. The van der Waals surface area contributed by atoms with E-state index in [1.54, 1.807) is 31.2 Å². The van der Waals surface area contributed by atoms with Gasteiger partial charge in [-0.15, -0.1) is 0 Å². The number of carbonyl (C=O) groups excluding carboxylic acids is 2. The van der Waals surface area contributed by atoms with Crippen molar-refractivity contribution in [2.45, 2.75) is 40.0 Å². The van der Waals surface area contributed by atoms with Crippen molar-refractivity contribution in [1.82, 2.24) is 10.2 Å². The van der Waals surface area contributed by atoms with E-state index in [9.17, 15) is 9.59 Å². The quantitative estimate of drug-likeness (QED) is 0.763. The van der Waals surface area contributed by atoms with Crippen LogP contribution in [0.4, 0.5) is 11.4 Å². The molecule has 0 unspecified atom stereocenters. The molecule has 0 bridgehead atoms. The zero-order chi connectivity index (χ0) is 16.8. The zero-order valence-electron chi connectivity index (χ0n) is 13.7. The van der Waals surface area contributed by atoms with E-state index in [1.807, 2.05) is 13.8 Å². The number of hydrogen-bond donors (Lipinski definition) is 3. The molecule has 1 aromatic carbocycles. The molecule has 0 aliphatic heterocycles. The first-order valence-electron chi connectivity index (χ1n) is 7.74. The number of anilines is 2. The van der Waals surface area contributed by atoms with Crippen molar-refractivity contribution in [3.05, 3.63) is 41.2 Å². The third kappa shape index (κ3) is 4.42. The second kappa shape index (κ2) is 7.58. The molecule has 0 fully saturated rings. The molecule has 0 spiro atoms. The van der Waals surface area contributed by atoms with Gasteiger partial charge in [-0.05, 0) is 44.5 Å². The van der Waals surface area contributed by atoms with Crippen LogP contribution in [0.15, 0.2) is 24.3 Å². The van der Waals surface area contributed by atoms with Crippen LogP contribution in [-0.4, -0.2) is 22.0 Å². The van der Waals surface area contributed by atoms with Gasteiger partial charge in [0.15, 0.2) is 0 Å². The van der Waals surface area contributed by atoms with Crippen LogP contribution < -0.4 is 10.6 Å². The monoisotopic (exact) mass is 314 g/mol. The molecule has 1 aromatic heterocycles. The summed E-state index contributed by atoms with van der Waals surface area (Å²) in [4.78, 5) is 23.9. The highest BCUT2D eigenvalue weighted by Crippen LogP contribution is 2.17. The summed E-state index contributed by atoms with van der Waals surface area (Å²) >= 11 is 0. The summed E-state index contributed by atoms with van der Waals surface area (Å²) in [6.07, 6.45) is 2.39. The van der Waals surface area contributed by atoms with Gasteiger partial charge in [0.25, 0.3) is 5.91 Å². The average Bonchev–Trinajstić information content (AvgIpc) is 2.86. The molecule has 0 radical (unpaired) electrons. The van der Waals surface area contributed by atoms with Crippen LogP contribution in [0.25, 0.3) is 0 Å². The van der Waals surface area contributed by atoms with Crippen LogP contribution in [0.2, 0.25) is 0 Å². The van der Waals surface area contributed by atoms with Crippen LogP contribution in [-0.2, 0) is 4.79 Å². The fraction of sp³-hybridized carbons (Fsp3) is 0.353. The van der Waals surface area contributed by atoms with Gasteiger partial charge in [-0.3, -0.25) is 14.7 Å². The lowest BCUT2D eigenvalue weighted by Gasteiger charge is -2.08. The Morgan fingerprint density at radius 2 is 1.70 bits per heavy atom. The summed E-state index contributed by atoms with van der Waals surface area (Å²) in [6, 6.07) is 7.07. The summed E-state index contributed by atoms with van der Waals surface area (Å²) in [5.41, 5.74) is 3.35. The second-order valence-electron chi connectivity index (χ2n) is 5.49. The van der Waals surface area contributed by atoms with Crippen molar-refractivity contribution >= 4 is 23.2 Å². The molecule has 2 rings (SSSR count). The number of benzene rings is 1. The van der Waals surface area contributed by atoms with Crippen molar-refractivity contribution in [2.24, 2.45) is 0 Å². The number of aromatic nitrogens is 2. The van der Waals surface area contributed by atoms with Crippen LogP contribution in [0.1, 0.15) is 47.9 Å². The van der Waals surface area contributed by atoms with Crippen molar-refractivity contribution in [1.29, 1.82) is 0 Å². The SMILES string of the molecule is CCCCC(=O)Nc1ccc(NC(=O)c2c(C)n[nH]c2C)cc1. The maximum absolute atomic E-state index is 12.3. The van der Waals surface area contributed by atoms with E-state index in [0.29, 0.717) is 23.4 Å². The highest BCUT2D eigenvalue weighted by molar-refractivity contribution is 6.05. The van der Waals surface area contributed by atoms with E-state index in [4.69, 9.17) is 0 Å². The summed E-state index contributed by atoms with van der Waals surface area (Å²) in [7, 11) is 0. The van der Waals surface area contributed by atoms with Gasteiger partial charge in [-0.2, -0.15) is 5.10 Å². The van der Waals surface area contributed by atoms with E-state index in [2.05, 4.69) is 20.8 Å². The number of aromatic amines is 1. The van der Waals surface area contributed by atoms with Crippen molar-refractivity contribution in [3.8, 4) is 0 Å². The van der Waals surface area contributed by atoms with Crippen LogP contribution in [0.5, 0.6) is 0 Å². The smallest absolute Gasteiger partial charge is 0.259 e. The fourth-order valence-electron chi connectivity index (χ4n) is 2.28. The van der Waals surface area contributed by atoms with Crippen LogP contribution in [0, 0.1) is 13.8 Å². The molecular weight excluding hydrogens is 292 g/mol. The Morgan fingerprint density at radius 3 is 2.22 bits per heavy atom. The van der Waals surface area contributed by atoms with Gasteiger partial charge in [0.05, 0.1) is 11.3 Å². The van der Waals surface area contributed by atoms with Gasteiger partial charge in [0, 0.05) is 23.5 Å². The summed E-state index contributed by atoms with van der Waals surface area (Å²) in [6.45, 7) is 5.64. The minimum atomic E-state index is -0.200. The fourth-order valence-corrected chi connectivity index (χ4v) is 2.28. The Kier molecular flexibility index (Phi) is 5.51. The molecule has 3 N–H and O–H groups in total. The number of rotatable bonds is 6. The molecule has 0 atom stereocenters. The Bertz CT molecular complexity index is 670. The van der Waals surface area contributed by atoms with E-state index in [-0.39, 0.29) is 11.8 Å². The molecule has 0 saturated heterocycles. The Labute approximate surface area is 135 Å². The standard InChI is InChI=1S/C17H22N4O2/c1-4-5-6-15(22)18-13-7-9-14(10-8-13)19-17(23)16-11(2)20-21-12(16)3/h7-10H,4-6H2,1-3H3,(H,18,22)(H,19,23)(H,20,21). The Balaban J connectivity index is 1.97. The minimum absolute atomic E-state index is 0.00767. The molecule has 0 aliphatic rings. The first kappa shape index (κ1) is 16.7. The van der Waals surface area contributed by atoms with E-state index < -0.39 is 0 Å². The molecule has 6 nitrogen and oxygen atoms in total. The van der Waals surface area contributed by atoms with E-state index in [1.165, 1.54) is 0 Å². The van der Waals surface area contributed by atoms with Gasteiger partial charge in [-0.25, -0.2) is 0 Å². The first-order valence-corrected chi connectivity index (χ1v) is 7.74. The summed E-state index contributed by atoms with van der Waals surface area (Å²) in [5, 5.41) is 12.5. The largest absolute Gasteiger partial charge is 0.326 e. The first-order chi connectivity index (χ1) is 11.0. The highest BCUT2D eigenvalue weighted by Gasteiger charge is 2.15. The predicted molar refractivity (Wildman–Crippen MR) is 90.6 cm³/mol. The number of hydrogen-bond acceptors (Lipinski definition) is 3. The molecule has 6 heteroatoms. The second-order valence-corrected chi connectivity index (χ2v) is 5.49. The molecule has 1 heterocycles. The summed E-state index contributed by atoms with van der Waals surface area (Å²) < 4.78 is 0. The van der Waals surface area contributed by atoms with Gasteiger partial charge >= 0.3 is 0 Å². The number of carbonyl (C=O) groups is 2. The van der Waals surface area contributed by atoms with Crippen molar-refractivity contribution < 1.29 is 9.59 Å². The summed E-state index contributed by atoms with van der Waals surface area (Å²) in [5.74, 6) is -0.193. The Hall–Kier alpha value is -2.63. The molecular formula is C17H22N4O2. The van der Waals surface area contributed by atoms with Gasteiger partial charge in [-0.1, -0.05) is 13.3 Å². The number of nitrogens with one attached hydrogen (secondary N) is 3. The number of amides is 2. The molecule has 2 amide bonds. The highest BCUT2D eigenvalue weighted by atomic mass is 16.2. The lowest BCUT2D eigenvalue weighted by Crippen LogP contribution is -2.14. The van der Waals surface area contributed by atoms with Gasteiger partial charge in [0.2, 0.25) is 5.91 Å². The van der Waals surface area contributed by atoms with Crippen LogP contribution >= 0.6 is 0 Å². The maximum atomic E-state index is 12.3. The number of aryl methyl sites for hydroxylation is 2. The van der Waals surface area contributed by atoms with E-state index in [0.717, 1.165) is 24.2 Å². The lowest BCUT2D eigenvalue weighted by atomic mass is 10.2. The van der Waals surface area contributed by atoms with Crippen LogP contribution in [0.3, 0.4) is 0 Å². The normalized spacial score (nSPS) is 10.4. The third-order valence-corrected chi connectivity index (χ3v) is 3.54. The molecule has 122 valence electrons.